The minimum Gasteiger partial charge on any atom is -0.508 e. The number of rotatable bonds is 4. The van der Waals surface area contributed by atoms with Crippen LogP contribution in [-0.2, 0) is 0 Å². The summed E-state index contributed by atoms with van der Waals surface area (Å²) in [5.74, 6) is 0.265. The summed E-state index contributed by atoms with van der Waals surface area (Å²) >= 11 is 0. The molecule has 1 N–H and O–H groups in total. The lowest BCUT2D eigenvalue weighted by Gasteiger charge is -2.25. The van der Waals surface area contributed by atoms with Gasteiger partial charge in [0.1, 0.15) is 5.75 Å². The molecule has 3 heteroatoms. The zero-order valence-electron chi connectivity index (χ0n) is 11.0. The second kappa shape index (κ2) is 5.32. The first-order valence-corrected chi connectivity index (χ1v) is 5.79. The summed E-state index contributed by atoms with van der Waals surface area (Å²) in [6.07, 6.45) is 0. The van der Waals surface area contributed by atoms with Gasteiger partial charge in [0.05, 0.1) is 6.54 Å². The summed E-state index contributed by atoms with van der Waals surface area (Å²) in [7, 11) is 1.95. The number of hydrogen-bond acceptors (Lipinski definition) is 3. The summed E-state index contributed by atoms with van der Waals surface area (Å²) in [4.78, 5) is 14.0. The molecule has 94 valence electrons. The van der Waals surface area contributed by atoms with Crippen LogP contribution in [0.1, 0.15) is 31.1 Å². The Morgan fingerprint density at radius 2 is 1.76 bits per heavy atom. The summed E-state index contributed by atoms with van der Waals surface area (Å²) < 4.78 is 0. The monoisotopic (exact) mass is 235 g/mol. The van der Waals surface area contributed by atoms with Gasteiger partial charge < -0.3 is 5.11 Å². The molecule has 0 spiro atoms. The van der Waals surface area contributed by atoms with Crippen molar-refractivity contribution in [1.82, 2.24) is 4.90 Å². The van der Waals surface area contributed by atoms with Crippen LogP contribution >= 0.6 is 0 Å². The van der Waals surface area contributed by atoms with Crippen molar-refractivity contribution >= 4 is 5.78 Å². The number of nitrogens with zero attached hydrogens (tertiary/aromatic N) is 1. The van der Waals surface area contributed by atoms with E-state index >= 15 is 0 Å². The Balaban J connectivity index is 2.57. The third-order valence-electron chi connectivity index (χ3n) is 2.35. The first-order chi connectivity index (χ1) is 7.78. The Morgan fingerprint density at radius 3 is 2.24 bits per heavy atom. The highest BCUT2D eigenvalue weighted by atomic mass is 16.3. The van der Waals surface area contributed by atoms with Crippen LogP contribution in [0.15, 0.2) is 24.3 Å². The molecule has 0 fully saturated rings. The van der Waals surface area contributed by atoms with Gasteiger partial charge in [-0.1, -0.05) is 20.8 Å². The van der Waals surface area contributed by atoms with Gasteiger partial charge in [0.25, 0.3) is 0 Å². The first-order valence-electron chi connectivity index (χ1n) is 5.79. The minimum atomic E-state index is 0.0803. The molecule has 0 unspecified atom stereocenters. The molecule has 0 amide bonds. The molecule has 0 bridgehead atoms. The number of likely N-dealkylation sites (N-methyl/N-ethyl adjacent to an activating group) is 1. The van der Waals surface area contributed by atoms with Gasteiger partial charge >= 0.3 is 0 Å². The zero-order chi connectivity index (χ0) is 13.1. The van der Waals surface area contributed by atoms with E-state index < -0.39 is 0 Å². The fraction of sp³-hybridized carbons (Fsp3) is 0.500. The van der Waals surface area contributed by atoms with E-state index in [0.29, 0.717) is 12.1 Å². The van der Waals surface area contributed by atoms with E-state index in [1.165, 1.54) is 12.1 Å². The maximum absolute atomic E-state index is 11.9. The first kappa shape index (κ1) is 13.7. The quantitative estimate of drug-likeness (QED) is 0.815. The van der Waals surface area contributed by atoms with Crippen LogP contribution in [0.5, 0.6) is 5.75 Å². The van der Waals surface area contributed by atoms with Crippen LogP contribution in [0.2, 0.25) is 0 Å². The van der Waals surface area contributed by atoms with Gasteiger partial charge in [-0.2, -0.15) is 0 Å². The SMILES string of the molecule is CN(CC(=O)c1ccc(O)cc1)CC(C)(C)C. The smallest absolute Gasteiger partial charge is 0.176 e. The second-order valence-electron chi connectivity index (χ2n) is 5.70. The molecule has 0 saturated heterocycles. The molecule has 1 aromatic rings. The number of carbonyl (C=O) groups excluding carboxylic acids is 1. The van der Waals surface area contributed by atoms with Crippen molar-refractivity contribution in [2.75, 3.05) is 20.1 Å². The van der Waals surface area contributed by atoms with Crippen molar-refractivity contribution < 1.29 is 9.90 Å². The third-order valence-corrected chi connectivity index (χ3v) is 2.35. The van der Waals surface area contributed by atoms with Gasteiger partial charge in [0, 0.05) is 12.1 Å². The lowest BCUT2D eigenvalue weighted by Crippen LogP contribution is -2.33. The minimum absolute atomic E-state index is 0.0803. The summed E-state index contributed by atoms with van der Waals surface area (Å²) in [5, 5.41) is 9.15. The predicted octanol–water partition coefficient (Wildman–Crippen LogP) is 2.55. The average Bonchev–Trinajstić information content (AvgIpc) is 2.15. The Morgan fingerprint density at radius 1 is 1.24 bits per heavy atom. The normalized spacial score (nSPS) is 11.8. The number of ketones is 1. The van der Waals surface area contributed by atoms with Crippen LogP contribution in [-0.4, -0.2) is 35.9 Å². The number of Topliss-reactive ketones (excluding diaryl/α,β-unsaturated/α-hetero) is 1. The molecule has 1 aromatic carbocycles. The van der Waals surface area contributed by atoms with E-state index in [2.05, 4.69) is 20.8 Å². The maximum atomic E-state index is 11.9. The molecule has 0 aliphatic carbocycles. The summed E-state index contributed by atoms with van der Waals surface area (Å²) in [6, 6.07) is 6.39. The molecule has 0 aromatic heterocycles. The summed E-state index contributed by atoms with van der Waals surface area (Å²) in [6.45, 7) is 7.72. The van der Waals surface area contributed by atoms with Crippen molar-refractivity contribution in [3.8, 4) is 5.75 Å². The summed E-state index contributed by atoms with van der Waals surface area (Å²) in [5.41, 5.74) is 0.827. The molecule has 0 aliphatic rings. The van der Waals surface area contributed by atoms with Crippen molar-refractivity contribution in [2.24, 2.45) is 5.41 Å². The van der Waals surface area contributed by atoms with Crippen LogP contribution in [0.25, 0.3) is 0 Å². The molecule has 17 heavy (non-hydrogen) atoms. The van der Waals surface area contributed by atoms with Crippen molar-refractivity contribution in [2.45, 2.75) is 20.8 Å². The number of benzene rings is 1. The fourth-order valence-corrected chi connectivity index (χ4v) is 1.85. The highest BCUT2D eigenvalue weighted by molar-refractivity contribution is 5.97. The van der Waals surface area contributed by atoms with Crippen LogP contribution in [0.4, 0.5) is 0 Å². The largest absolute Gasteiger partial charge is 0.508 e. The Hall–Kier alpha value is -1.35. The molecule has 0 aliphatic heterocycles. The van der Waals surface area contributed by atoms with E-state index in [0.717, 1.165) is 6.54 Å². The van der Waals surface area contributed by atoms with Crippen LogP contribution in [0, 0.1) is 5.41 Å². The van der Waals surface area contributed by atoms with Crippen molar-refractivity contribution in [3.05, 3.63) is 29.8 Å². The standard InChI is InChI=1S/C14H21NO2/c1-14(2,3)10-15(4)9-13(17)11-5-7-12(16)8-6-11/h5-8,16H,9-10H2,1-4H3. The van der Waals surface area contributed by atoms with Crippen molar-refractivity contribution in [1.29, 1.82) is 0 Å². The lowest BCUT2D eigenvalue weighted by molar-refractivity contribution is 0.0927. The molecule has 0 heterocycles. The Bertz CT molecular complexity index is 376. The van der Waals surface area contributed by atoms with Gasteiger partial charge in [-0.3, -0.25) is 9.69 Å². The van der Waals surface area contributed by atoms with Gasteiger partial charge in [-0.15, -0.1) is 0 Å². The topological polar surface area (TPSA) is 40.5 Å². The fourth-order valence-electron chi connectivity index (χ4n) is 1.85. The molecular weight excluding hydrogens is 214 g/mol. The lowest BCUT2D eigenvalue weighted by atomic mass is 9.96. The molecule has 1 rings (SSSR count). The van der Waals surface area contributed by atoms with E-state index in [-0.39, 0.29) is 16.9 Å². The number of aromatic hydroxyl groups is 1. The number of phenolic OH excluding ortho intramolecular Hbond substituents is 1. The number of phenols is 1. The zero-order valence-corrected chi connectivity index (χ0v) is 11.0. The molecular formula is C14H21NO2. The van der Waals surface area contributed by atoms with E-state index in [9.17, 15) is 4.79 Å². The van der Waals surface area contributed by atoms with Crippen LogP contribution < -0.4 is 0 Å². The van der Waals surface area contributed by atoms with E-state index in [1.54, 1.807) is 12.1 Å². The highest BCUT2D eigenvalue weighted by Crippen LogP contribution is 2.15. The molecule has 3 nitrogen and oxygen atoms in total. The predicted molar refractivity (Wildman–Crippen MR) is 69.4 cm³/mol. The molecule has 0 saturated carbocycles. The Kier molecular flexibility index (Phi) is 4.29. The van der Waals surface area contributed by atoms with E-state index in [4.69, 9.17) is 5.11 Å². The Labute approximate surface area is 103 Å². The molecule has 0 atom stereocenters. The van der Waals surface area contributed by atoms with Crippen LogP contribution in [0.3, 0.4) is 0 Å². The average molecular weight is 235 g/mol. The van der Waals surface area contributed by atoms with Gasteiger partial charge in [0.2, 0.25) is 0 Å². The van der Waals surface area contributed by atoms with Crippen molar-refractivity contribution in [3.63, 3.8) is 0 Å². The number of carbonyl (C=O) groups is 1. The van der Waals surface area contributed by atoms with Gasteiger partial charge in [-0.05, 0) is 36.7 Å². The van der Waals surface area contributed by atoms with Gasteiger partial charge in [0.15, 0.2) is 5.78 Å². The van der Waals surface area contributed by atoms with Gasteiger partial charge in [-0.25, -0.2) is 0 Å². The maximum Gasteiger partial charge on any atom is 0.176 e. The highest BCUT2D eigenvalue weighted by Gasteiger charge is 2.16. The number of hydrogen-bond donors (Lipinski definition) is 1. The molecule has 0 radical (unpaired) electrons. The third kappa shape index (κ3) is 5.00. The second-order valence-corrected chi connectivity index (χ2v) is 5.70. The van der Waals surface area contributed by atoms with E-state index in [1.807, 2.05) is 11.9 Å².